The fraction of sp³-hybridized carbons (Fsp3) is 0.647. The first-order valence-corrected chi connectivity index (χ1v) is 7.31. The summed E-state index contributed by atoms with van der Waals surface area (Å²) in [6, 6.07) is 8.87. The fourth-order valence-electron chi connectivity index (χ4n) is 2.25. The number of nitrogens with one attached hydrogen (secondary N) is 1. The van der Waals surface area contributed by atoms with Gasteiger partial charge in [0.05, 0.1) is 5.60 Å². The highest BCUT2D eigenvalue weighted by Gasteiger charge is 2.20. The molecule has 2 nitrogen and oxygen atoms in total. The maximum Gasteiger partial charge on any atom is 0.0623 e. The maximum absolute atomic E-state index is 5.53. The summed E-state index contributed by atoms with van der Waals surface area (Å²) < 4.78 is 5.53. The van der Waals surface area contributed by atoms with Crippen molar-refractivity contribution in [2.45, 2.75) is 52.1 Å². The summed E-state index contributed by atoms with van der Waals surface area (Å²) >= 11 is 0. The smallest absolute Gasteiger partial charge is 0.0623 e. The van der Waals surface area contributed by atoms with Gasteiger partial charge >= 0.3 is 0 Å². The molecule has 2 heteroatoms. The molecular formula is C17H29NO. The molecule has 0 bridgehead atoms. The molecule has 0 aliphatic rings. The molecule has 0 aliphatic carbocycles. The van der Waals surface area contributed by atoms with Gasteiger partial charge in [-0.2, -0.15) is 0 Å². The molecule has 1 rings (SSSR count). The summed E-state index contributed by atoms with van der Waals surface area (Å²) in [4.78, 5) is 0. The molecule has 0 aliphatic heterocycles. The van der Waals surface area contributed by atoms with Gasteiger partial charge in [0.1, 0.15) is 0 Å². The van der Waals surface area contributed by atoms with Crippen LogP contribution in [-0.2, 0) is 4.74 Å². The first-order chi connectivity index (χ1) is 8.98. The van der Waals surface area contributed by atoms with Crippen LogP contribution in [0, 0.1) is 6.92 Å². The number of rotatable bonds is 8. The predicted molar refractivity (Wildman–Crippen MR) is 82.8 cm³/mol. The van der Waals surface area contributed by atoms with Crippen LogP contribution in [0.4, 0.5) is 0 Å². The molecule has 0 saturated heterocycles. The minimum absolute atomic E-state index is 0.0334. The summed E-state index contributed by atoms with van der Waals surface area (Å²) in [5.74, 6) is 0.564. The highest BCUT2D eigenvalue weighted by molar-refractivity contribution is 5.25. The number of benzene rings is 1. The molecule has 0 aromatic heterocycles. The van der Waals surface area contributed by atoms with Crippen molar-refractivity contribution >= 4 is 0 Å². The van der Waals surface area contributed by atoms with Gasteiger partial charge in [-0.25, -0.2) is 0 Å². The normalized spacial score (nSPS) is 13.5. The Hall–Kier alpha value is -0.860. The molecule has 1 aromatic carbocycles. The molecule has 108 valence electrons. The van der Waals surface area contributed by atoms with Gasteiger partial charge in [-0.1, -0.05) is 36.8 Å². The van der Waals surface area contributed by atoms with Gasteiger partial charge in [0, 0.05) is 13.7 Å². The predicted octanol–water partition coefficient (Wildman–Crippen LogP) is 3.89. The van der Waals surface area contributed by atoms with E-state index in [-0.39, 0.29) is 5.60 Å². The molecule has 1 unspecified atom stereocenters. The van der Waals surface area contributed by atoms with Crippen molar-refractivity contribution in [1.29, 1.82) is 0 Å². The quantitative estimate of drug-likeness (QED) is 0.768. The highest BCUT2D eigenvalue weighted by Crippen LogP contribution is 2.26. The summed E-state index contributed by atoms with van der Waals surface area (Å²) in [5.41, 5.74) is 2.74. The standard InChI is InChI=1S/C17H29NO/c1-6-18-13-16(10-11-17(3,4)19-5)15-9-7-8-14(2)12-15/h7-9,12,16,18H,6,10-11,13H2,1-5H3. The average Bonchev–Trinajstić information content (AvgIpc) is 2.39. The van der Waals surface area contributed by atoms with Crippen LogP contribution >= 0.6 is 0 Å². The van der Waals surface area contributed by atoms with Gasteiger partial charge in [-0.05, 0) is 51.6 Å². The molecule has 0 spiro atoms. The monoisotopic (exact) mass is 263 g/mol. The Labute approximate surface area is 118 Å². The van der Waals surface area contributed by atoms with Crippen molar-refractivity contribution in [3.63, 3.8) is 0 Å². The van der Waals surface area contributed by atoms with Gasteiger partial charge in [0.15, 0.2) is 0 Å². The van der Waals surface area contributed by atoms with Crippen LogP contribution in [-0.4, -0.2) is 25.8 Å². The van der Waals surface area contributed by atoms with Crippen molar-refractivity contribution in [3.05, 3.63) is 35.4 Å². The summed E-state index contributed by atoms with van der Waals surface area (Å²) in [6.45, 7) is 10.7. The number of hydrogen-bond donors (Lipinski definition) is 1. The minimum Gasteiger partial charge on any atom is -0.379 e. The van der Waals surface area contributed by atoms with E-state index in [2.05, 4.69) is 57.3 Å². The molecule has 0 heterocycles. The van der Waals surface area contributed by atoms with Crippen LogP contribution in [0.25, 0.3) is 0 Å². The van der Waals surface area contributed by atoms with E-state index >= 15 is 0 Å². The third-order valence-corrected chi connectivity index (χ3v) is 3.80. The van der Waals surface area contributed by atoms with Crippen LogP contribution in [0.1, 0.15) is 50.7 Å². The number of methoxy groups -OCH3 is 1. The zero-order valence-electron chi connectivity index (χ0n) is 13.1. The second-order valence-corrected chi connectivity index (χ2v) is 5.92. The Kier molecular flexibility index (Phi) is 6.53. The second-order valence-electron chi connectivity index (χ2n) is 5.92. The van der Waals surface area contributed by atoms with E-state index in [0.717, 1.165) is 25.9 Å². The molecule has 1 aromatic rings. The number of likely N-dealkylation sites (N-methyl/N-ethyl adjacent to an activating group) is 1. The first kappa shape index (κ1) is 16.2. The van der Waals surface area contributed by atoms with Gasteiger partial charge in [-0.15, -0.1) is 0 Å². The summed E-state index contributed by atoms with van der Waals surface area (Å²) in [6.07, 6.45) is 2.23. The van der Waals surface area contributed by atoms with Crippen LogP contribution in [0.15, 0.2) is 24.3 Å². The van der Waals surface area contributed by atoms with Crippen LogP contribution in [0.5, 0.6) is 0 Å². The lowest BCUT2D eigenvalue weighted by Crippen LogP contribution is -2.26. The Morgan fingerprint density at radius 1 is 1.32 bits per heavy atom. The van der Waals surface area contributed by atoms with Crippen molar-refractivity contribution < 1.29 is 4.74 Å². The maximum atomic E-state index is 5.53. The van der Waals surface area contributed by atoms with E-state index < -0.39 is 0 Å². The lowest BCUT2D eigenvalue weighted by atomic mass is 9.89. The minimum atomic E-state index is -0.0334. The van der Waals surface area contributed by atoms with E-state index in [0.29, 0.717) is 5.92 Å². The van der Waals surface area contributed by atoms with E-state index in [1.54, 1.807) is 7.11 Å². The fourth-order valence-corrected chi connectivity index (χ4v) is 2.25. The van der Waals surface area contributed by atoms with Crippen molar-refractivity contribution in [2.24, 2.45) is 0 Å². The largest absolute Gasteiger partial charge is 0.379 e. The Bertz CT molecular complexity index is 373. The van der Waals surface area contributed by atoms with Crippen molar-refractivity contribution in [3.8, 4) is 0 Å². The molecule has 0 amide bonds. The number of hydrogen-bond acceptors (Lipinski definition) is 2. The molecule has 0 fully saturated rings. The molecule has 1 N–H and O–H groups in total. The molecular weight excluding hydrogens is 234 g/mol. The molecule has 19 heavy (non-hydrogen) atoms. The third-order valence-electron chi connectivity index (χ3n) is 3.80. The van der Waals surface area contributed by atoms with Crippen LogP contribution < -0.4 is 5.32 Å². The van der Waals surface area contributed by atoms with Gasteiger partial charge in [-0.3, -0.25) is 0 Å². The molecule has 0 radical (unpaired) electrons. The second kappa shape index (κ2) is 7.66. The summed E-state index contributed by atoms with van der Waals surface area (Å²) in [5, 5.41) is 3.48. The molecule has 1 atom stereocenters. The number of ether oxygens (including phenoxy) is 1. The van der Waals surface area contributed by atoms with E-state index in [1.165, 1.54) is 11.1 Å². The van der Waals surface area contributed by atoms with Gasteiger partial charge in [0.2, 0.25) is 0 Å². The van der Waals surface area contributed by atoms with E-state index in [9.17, 15) is 0 Å². The van der Waals surface area contributed by atoms with E-state index in [4.69, 9.17) is 4.74 Å². The SMILES string of the molecule is CCNCC(CCC(C)(C)OC)c1cccc(C)c1. The van der Waals surface area contributed by atoms with Crippen LogP contribution in [0.3, 0.4) is 0 Å². The third kappa shape index (κ3) is 5.75. The Morgan fingerprint density at radius 2 is 2.05 bits per heavy atom. The van der Waals surface area contributed by atoms with E-state index in [1.807, 2.05) is 0 Å². The first-order valence-electron chi connectivity index (χ1n) is 7.31. The Morgan fingerprint density at radius 3 is 2.63 bits per heavy atom. The lowest BCUT2D eigenvalue weighted by molar-refractivity contribution is 0.0124. The zero-order valence-corrected chi connectivity index (χ0v) is 13.1. The highest BCUT2D eigenvalue weighted by atomic mass is 16.5. The topological polar surface area (TPSA) is 21.3 Å². The van der Waals surface area contributed by atoms with Crippen molar-refractivity contribution in [1.82, 2.24) is 5.32 Å². The summed E-state index contributed by atoms with van der Waals surface area (Å²) in [7, 11) is 1.80. The Balaban J connectivity index is 2.71. The van der Waals surface area contributed by atoms with Gasteiger partial charge in [0.25, 0.3) is 0 Å². The zero-order chi connectivity index (χ0) is 14.3. The van der Waals surface area contributed by atoms with Crippen LogP contribution in [0.2, 0.25) is 0 Å². The van der Waals surface area contributed by atoms with Crippen molar-refractivity contribution in [2.75, 3.05) is 20.2 Å². The lowest BCUT2D eigenvalue weighted by Gasteiger charge is -2.26. The molecule has 0 saturated carbocycles. The average molecular weight is 263 g/mol. The van der Waals surface area contributed by atoms with Gasteiger partial charge < -0.3 is 10.1 Å². The number of aryl methyl sites for hydroxylation is 1.